The number of hydrogen-bond acceptors (Lipinski definition) is 2. The summed E-state index contributed by atoms with van der Waals surface area (Å²) in [5.74, 6) is -0.790. The number of nitrogens with one attached hydrogen (secondary N) is 1. The van der Waals surface area contributed by atoms with Crippen molar-refractivity contribution >= 4 is 11.6 Å². The molecule has 1 amide bonds. The zero-order valence-corrected chi connectivity index (χ0v) is 10.6. The van der Waals surface area contributed by atoms with Gasteiger partial charge in [-0.25, -0.2) is 4.39 Å². The largest absolute Gasteiger partial charge is 0.326 e. The van der Waals surface area contributed by atoms with Gasteiger partial charge in [0.1, 0.15) is 5.82 Å². The minimum absolute atomic E-state index is 0.175. The third-order valence-corrected chi connectivity index (χ3v) is 2.80. The van der Waals surface area contributed by atoms with Gasteiger partial charge < -0.3 is 11.1 Å². The molecule has 0 heterocycles. The van der Waals surface area contributed by atoms with Crippen LogP contribution in [0.25, 0.3) is 0 Å². The molecular weight excluding hydrogens is 243 g/mol. The van der Waals surface area contributed by atoms with E-state index in [0.29, 0.717) is 12.1 Å². The molecular formula is C15H15FN2O. The molecule has 0 aliphatic carbocycles. The Kier molecular flexibility index (Phi) is 3.92. The SMILES string of the molecule is Cc1ccc(NC(=O)c2cccc(CN)c2)c(F)c1. The van der Waals surface area contributed by atoms with Crippen molar-refractivity contribution in [2.45, 2.75) is 13.5 Å². The Morgan fingerprint density at radius 3 is 2.74 bits per heavy atom. The molecule has 2 rings (SSSR count). The third-order valence-electron chi connectivity index (χ3n) is 2.80. The second kappa shape index (κ2) is 5.63. The van der Waals surface area contributed by atoms with E-state index in [0.717, 1.165) is 11.1 Å². The van der Waals surface area contributed by atoms with Crippen LogP contribution in [0.3, 0.4) is 0 Å². The first-order valence-corrected chi connectivity index (χ1v) is 5.96. The van der Waals surface area contributed by atoms with E-state index in [1.165, 1.54) is 6.07 Å². The van der Waals surface area contributed by atoms with Crippen molar-refractivity contribution in [2.24, 2.45) is 5.73 Å². The highest BCUT2D eigenvalue weighted by Crippen LogP contribution is 2.16. The molecule has 0 saturated carbocycles. The van der Waals surface area contributed by atoms with Crippen molar-refractivity contribution in [1.82, 2.24) is 0 Å². The fraction of sp³-hybridized carbons (Fsp3) is 0.133. The number of benzene rings is 2. The Morgan fingerprint density at radius 2 is 2.05 bits per heavy atom. The predicted octanol–water partition coefficient (Wildman–Crippen LogP) is 2.85. The molecule has 0 atom stereocenters. The second-order valence-corrected chi connectivity index (χ2v) is 4.34. The molecule has 3 nitrogen and oxygen atoms in total. The first-order valence-electron chi connectivity index (χ1n) is 5.96. The molecule has 0 saturated heterocycles. The maximum Gasteiger partial charge on any atom is 0.255 e. The smallest absolute Gasteiger partial charge is 0.255 e. The molecule has 2 aromatic rings. The van der Waals surface area contributed by atoms with Gasteiger partial charge in [-0.1, -0.05) is 18.2 Å². The quantitative estimate of drug-likeness (QED) is 0.889. The molecule has 2 aromatic carbocycles. The summed E-state index contributed by atoms with van der Waals surface area (Å²) in [6.07, 6.45) is 0. The van der Waals surface area contributed by atoms with E-state index in [1.54, 1.807) is 37.3 Å². The van der Waals surface area contributed by atoms with E-state index >= 15 is 0 Å². The summed E-state index contributed by atoms with van der Waals surface area (Å²) < 4.78 is 13.6. The van der Waals surface area contributed by atoms with Crippen LogP contribution in [0.1, 0.15) is 21.5 Å². The lowest BCUT2D eigenvalue weighted by atomic mass is 10.1. The summed E-state index contributed by atoms with van der Waals surface area (Å²) in [7, 11) is 0. The second-order valence-electron chi connectivity index (χ2n) is 4.34. The van der Waals surface area contributed by atoms with E-state index in [-0.39, 0.29) is 11.6 Å². The Labute approximate surface area is 111 Å². The lowest BCUT2D eigenvalue weighted by Gasteiger charge is -2.08. The lowest BCUT2D eigenvalue weighted by Crippen LogP contribution is -2.13. The first kappa shape index (κ1) is 13.2. The normalized spacial score (nSPS) is 10.3. The van der Waals surface area contributed by atoms with Crippen molar-refractivity contribution in [3.63, 3.8) is 0 Å². The van der Waals surface area contributed by atoms with Crippen molar-refractivity contribution < 1.29 is 9.18 Å². The maximum atomic E-state index is 13.6. The molecule has 98 valence electrons. The van der Waals surface area contributed by atoms with Crippen molar-refractivity contribution in [3.8, 4) is 0 Å². The average molecular weight is 258 g/mol. The summed E-state index contributed by atoms with van der Waals surface area (Å²) in [6.45, 7) is 2.15. The van der Waals surface area contributed by atoms with Crippen LogP contribution in [-0.4, -0.2) is 5.91 Å². The van der Waals surface area contributed by atoms with Gasteiger partial charge in [0.25, 0.3) is 5.91 Å². The van der Waals surface area contributed by atoms with E-state index in [4.69, 9.17) is 5.73 Å². The minimum atomic E-state index is -0.441. The summed E-state index contributed by atoms with van der Waals surface area (Å²) in [5, 5.41) is 2.55. The highest BCUT2D eigenvalue weighted by atomic mass is 19.1. The van der Waals surface area contributed by atoms with Crippen LogP contribution < -0.4 is 11.1 Å². The Balaban J connectivity index is 2.20. The Hall–Kier alpha value is -2.20. The molecule has 0 fully saturated rings. The van der Waals surface area contributed by atoms with Crippen molar-refractivity contribution in [2.75, 3.05) is 5.32 Å². The number of halogens is 1. The number of carbonyl (C=O) groups excluding carboxylic acids is 1. The van der Waals surface area contributed by atoms with Gasteiger partial charge in [0.2, 0.25) is 0 Å². The summed E-state index contributed by atoms with van der Waals surface area (Å²) >= 11 is 0. The molecule has 0 aliphatic heterocycles. The van der Waals surface area contributed by atoms with Gasteiger partial charge in [-0.15, -0.1) is 0 Å². The highest BCUT2D eigenvalue weighted by molar-refractivity contribution is 6.04. The van der Waals surface area contributed by atoms with Gasteiger partial charge in [0, 0.05) is 12.1 Å². The van der Waals surface area contributed by atoms with Gasteiger partial charge in [-0.2, -0.15) is 0 Å². The van der Waals surface area contributed by atoms with Crippen LogP contribution in [-0.2, 0) is 6.54 Å². The number of amides is 1. The zero-order chi connectivity index (χ0) is 13.8. The fourth-order valence-electron chi connectivity index (χ4n) is 1.76. The molecule has 0 bridgehead atoms. The maximum absolute atomic E-state index is 13.6. The Morgan fingerprint density at radius 1 is 1.26 bits per heavy atom. The zero-order valence-electron chi connectivity index (χ0n) is 10.6. The fourth-order valence-corrected chi connectivity index (χ4v) is 1.76. The number of nitrogens with two attached hydrogens (primary N) is 1. The number of carbonyl (C=O) groups is 1. The van der Waals surface area contributed by atoms with Crippen LogP contribution in [0, 0.1) is 12.7 Å². The molecule has 4 heteroatoms. The molecule has 0 unspecified atom stereocenters. The van der Waals surface area contributed by atoms with Crippen LogP contribution in [0.15, 0.2) is 42.5 Å². The molecule has 0 aliphatic rings. The number of rotatable bonds is 3. The van der Waals surface area contributed by atoms with Gasteiger partial charge in [0.05, 0.1) is 5.69 Å². The molecule has 19 heavy (non-hydrogen) atoms. The van der Waals surface area contributed by atoms with Crippen LogP contribution in [0.2, 0.25) is 0 Å². The van der Waals surface area contributed by atoms with Crippen molar-refractivity contribution in [3.05, 3.63) is 65.0 Å². The third kappa shape index (κ3) is 3.17. The van der Waals surface area contributed by atoms with Crippen LogP contribution in [0.5, 0.6) is 0 Å². The molecule has 0 radical (unpaired) electrons. The number of aryl methyl sites for hydroxylation is 1. The van der Waals surface area contributed by atoms with Crippen LogP contribution in [0.4, 0.5) is 10.1 Å². The van der Waals surface area contributed by atoms with Gasteiger partial charge >= 0.3 is 0 Å². The minimum Gasteiger partial charge on any atom is -0.326 e. The first-order chi connectivity index (χ1) is 9.10. The monoisotopic (exact) mass is 258 g/mol. The van der Waals surface area contributed by atoms with Gasteiger partial charge in [-0.3, -0.25) is 4.79 Å². The number of anilines is 1. The molecule has 0 aromatic heterocycles. The summed E-state index contributed by atoms with van der Waals surface area (Å²) in [4.78, 5) is 12.0. The molecule has 3 N–H and O–H groups in total. The van der Waals surface area contributed by atoms with E-state index in [2.05, 4.69) is 5.32 Å². The molecule has 0 spiro atoms. The lowest BCUT2D eigenvalue weighted by molar-refractivity contribution is 0.102. The van der Waals surface area contributed by atoms with Crippen LogP contribution >= 0.6 is 0 Å². The highest BCUT2D eigenvalue weighted by Gasteiger charge is 2.09. The number of hydrogen-bond donors (Lipinski definition) is 2. The van der Waals surface area contributed by atoms with Crippen molar-refractivity contribution in [1.29, 1.82) is 0 Å². The Bertz CT molecular complexity index is 611. The van der Waals surface area contributed by atoms with E-state index in [1.807, 2.05) is 6.07 Å². The summed E-state index contributed by atoms with van der Waals surface area (Å²) in [5.41, 5.74) is 7.82. The van der Waals surface area contributed by atoms with Gasteiger partial charge in [-0.05, 0) is 42.3 Å². The topological polar surface area (TPSA) is 55.1 Å². The summed E-state index contributed by atoms with van der Waals surface area (Å²) in [6, 6.07) is 11.6. The van der Waals surface area contributed by atoms with E-state index < -0.39 is 5.82 Å². The predicted molar refractivity (Wildman–Crippen MR) is 73.4 cm³/mol. The average Bonchev–Trinajstić information content (AvgIpc) is 2.42. The van der Waals surface area contributed by atoms with Gasteiger partial charge in [0.15, 0.2) is 0 Å². The standard InChI is InChI=1S/C15H15FN2O/c1-10-5-6-14(13(16)7-10)18-15(19)12-4-2-3-11(8-12)9-17/h2-8H,9,17H2,1H3,(H,18,19). The van der Waals surface area contributed by atoms with E-state index in [9.17, 15) is 9.18 Å².